The van der Waals surface area contributed by atoms with Gasteiger partial charge in [0.25, 0.3) is 0 Å². The molecule has 106 valence electrons. The second kappa shape index (κ2) is 8.55. The molecule has 0 aliphatic rings. The maximum Gasteiger partial charge on any atom is 0.0111 e. The predicted octanol–water partition coefficient (Wildman–Crippen LogP) is 4.23. The lowest BCUT2D eigenvalue weighted by atomic mass is 9.99. The van der Waals surface area contributed by atoms with Gasteiger partial charge < -0.3 is 5.32 Å². The van der Waals surface area contributed by atoms with Crippen molar-refractivity contribution in [3.63, 3.8) is 0 Å². The van der Waals surface area contributed by atoms with Gasteiger partial charge >= 0.3 is 0 Å². The van der Waals surface area contributed by atoms with E-state index in [4.69, 9.17) is 0 Å². The van der Waals surface area contributed by atoms with Crippen LogP contribution < -0.4 is 5.32 Å². The molecule has 20 heavy (non-hydrogen) atoms. The Labute approximate surface area is 123 Å². The first-order valence-electron chi connectivity index (χ1n) is 7.69. The largest absolute Gasteiger partial charge is 0.314 e. The molecule has 1 N–H and O–H groups in total. The highest BCUT2D eigenvalue weighted by Gasteiger charge is 2.08. The van der Waals surface area contributed by atoms with Crippen molar-refractivity contribution < 1.29 is 0 Å². The summed E-state index contributed by atoms with van der Waals surface area (Å²) in [5.41, 5.74) is 2.86. The second-order valence-electron chi connectivity index (χ2n) is 5.37. The summed E-state index contributed by atoms with van der Waals surface area (Å²) in [6.07, 6.45) is 4.65. The molecule has 0 aromatic heterocycles. The average molecular weight is 267 g/mol. The smallest absolute Gasteiger partial charge is 0.0111 e. The van der Waals surface area contributed by atoms with Crippen LogP contribution in [0.1, 0.15) is 30.9 Å². The van der Waals surface area contributed by atoms with Gasteiger partial charge in [0.05, 0.1) is 0 Å². The SMILES string of the molecule is CCCNC(CCc1ccccc1)Cc1ccccc1. The monoisotopic (exact) mass is 267 g/mol. The van der Waals surface area contributed by atoms with Crippen LogP contribution in [0.4, 0.5) is 0 Å². The summed E-state index contributed by atoms with van der Waals surface area (Å²) in [7, 11) is 0. The zero-order chi connectivity index (χ0) is 14.0. The Balaban J connectivity index is 1.89. The lowest BCUT2D eigenvalue weighted by molar-refractivity contribution is 0.477. The minimum atomic E-state index is 0.567. The molecule has 0 radical (unpaired) electrons. The summed E-state index contributed by atoms with van der Waals surface area (Å²) in [4.78, 5) is 0. The van der Waals surface area contributed by atoms with E-state index >= 15 is 0 Å². The summed E-state index contributed by atoms with van der Waals surface area (Å²) in [6, 6.07) is 22.1. The lowest BCUT2D eigenvalue weighted by Gasteiger charge is -2.18. The van der Waals surface area contributed by atoms with Gasteiger partial charge in [-0.1, -0.05) is 67.6 Å². The zero-order valence-corrected chi connectivity index (χ0v) is 12.4. The van der Waals surface area contributed by atoms with Crippen LogP contribution in [-0.2, 0) is 12.8 Å². The average Bonchev–Trinajstić information content (AvgIpc) is 2.52. The molecule has 0 saturated carbocycles. The molecule has 0 heterocycles. The van der Waals surface area contributed by atoms with E-state index in [1.807, 2.05) is 0 Å². The predicted molar refractivity (Wildman–Crippen MR) is 87.0 cm³/mol. The molecule has 2 aromatic rings. The van der Waals surface area contributed by atoms with Crippen molar-refractivity contribution in [2.45, 2.75) is 38.6 Å². The number of hydrogen-bond donors (Lipinski definition) is 1. The third-order valence-corrected chi connectivity index (χ3v) is 3.63. The van der Waals surface area contributed by atoms with E-state index in [1.165, 1.54) is 24.0 Å². The van der Waals surface area contributed by atoms with Crippen LogP contribution in [0.25, 0.3) is 0 Å². The Kier molecular flexibility index (Phi) is 6.33. The number of rotatable bonds is 8. The van der Waals surface area contributed by atoms with Crippen molar-refractivity contribution in [1.29, 1.82) is 0 Å². The Morgan fingerprint density at radius 2 is 1.45 bits per heavy atom. The molecule has 0 aliphatic carbocycles. The fraction of sp³-hybridized carbons (Fsp3) is 0.368. The molecule has 1 nitrogen and oxygen atoms in total. The van der Waals surface area contributed by atoms with Gasteiger partial charge in [-0.3, -0.25) is 0 Å². The van der Waals surface area contributed by atoms with Crippen molar-refractivity contribution in [3.05, 3.63) is 71.8 Å². The van der Waals surface area contributed by atoms with Gasteiger partial charge in [-0.15, -0.1) is 0 Å². The maximum absolute atomic E-state index is 3.69. The van der Waals surface area contributed by atoms with Crippen LogP contribution in [-0.4, -0.2) is 12.6 Å². The molecule has 0 saturated heterocycles. The first-order valence-corrected chi connectivity index (χ1v) is 7.69. The molecule has 2 rings (SSSR count). The van der Waals surface area contributed by atoms with Gasteiger partial charge in [0, 0.05) is 6.04 Å². The molecule has 0 amide bonds. The van der Waals surface area contributed by atoms with Crippen molar-refractivity contribution in [3.8, 4) is 0 Å². The summed E-state index contributed by atoms with van der Waals surface area (Å²) >= 11 is 0. The first-order chi connectivity index (χ1) is 9.88. The molecular formula is C19H25N. The van der Waals surface area contributed by atoms with Crippen molar-refractivity contribution in [2.24, 2.45) is 0 Å². The van der Waals surface area contributed by atoms with Crippen molar-refractivity contribution in [1.82, 2.24) is 5.32 Å². The van der Waals surface area contributed by atoms with Crippen molar-refractivity contribution in [2.75, 3.05) is 6.54 Å². The second-order valence-corrected chi connectivity index (χ2v) is 5.37. The molecular weight excluding hydrogens is 242 g/mol. The fourth-order valence-electron chi connectivity index (χ4n) is 2.51. The normalized spacial score (nSPS) is 12.2. The molecule has 1 atom stereocenters. The quantitative estimate of drug-likeness (QED) is 0.754. The van der Waals surface area contributed by atoms with E-state index in [-0.39, 0.29) is 0 Å². The maximum atomic E-state index is 3.69. The third kappa shape index (κ3) is 5.18. The van der Waals surface area contributed by atoms with E-state index in [0.717, 1.165) is 19.4 Å². The number of hydrogen-bond acceptors (Lipinski definition) is 1. The number of nitrogens with one attached hydrogen (secondary N) is 1. The third-order valence-electron chi connectivity index (χ3n) is 3.63. The molecule has 1 heteroatoms. The molecule has 2 aromatic carbocycles. The van der Waals surface area contributed by atoms with Gasteiger partial charge in [0.2, 0.25) is 0 Å². The fourth-order valence-corrected chi connectivity index (χ4v) is 2.51. The van der Waals surface area contributed by atoms with E-state index in [9.17, 15) is 0 Å². The minimum absolute atomic E-state index is 0.567. The standard InChI is InChI=1S/C19H25N/c1-2-15-20-19(16-18-11-7-4-8-12-18)14-13-17-9-5-3-6-10-17/h3-12,19-20H,2,13-16H2,1H3. The van der Waals surface area contributed by atoms with Crippen LogP contribution in [0.3, 0.4) is 0 Å². The Bertz CT molecular complexity index is 464. The summed E-state index contributed by atoms with van der Waals surface area (Å²) in [6.45, 7) is 3.33. The van der Waals surface area contributed by atoms with Gasteiger partial charge in [-0.25, -0.2) is 0 Å². The topological polar surface area (TPSA) is 12.0 Å². The zero-order valence-electron chi connectivity index (χ0n) is 12.4. The summed E-state index contributed by atoms with van der Waals surface area (Å²) in [5.74, 6) is 0. The molecule has 0 bridgehead atoms. The molecule has 0 spiro atoms. The van der Waals surface area contributed by atoms with E-state index in [0.29, 0.717) is 6.04 Å². The van der Waals surface area contributed by atoms with E-state index < -0.39 is 0 Å². The van der Waals surface area contributed by atoms with Gasteiger partial charge in [0.1, 0.15) is 0 Å². The Morgan fingerprint density at radius 3 is 2.05 bits per heavy atom. The van der Waals surface area contributed by atoms with Crippen LogP contribution >= 0.6 is 0 Å². The summed E-state index contributed by atoms with van der Waals surface area (Å²) < 4.78 is 0. The highest BCUT2D eigenvalue weighted by Crippen LogP contribution is 2.10. The Hall–Kier alpha value is -1.60. The molecule has 0 aliphatic heterocycles. The first kappa shape index (κ1) is 14.8. The highest BCUT2D eigenvalue weighted by atomic mass is 14.9. The highest BCUT2D eigenvalue weighted by molar-refractivity contribution is 5.17. The number of aryl methyl sites for hydroxylation is 1. The van der Waals surface area contributed by atoms with E-state index in [2.05, 4.69) is 72.9 Å². The van der Waals surface area contributed by atoms with Gasteiger partial charge in [-0.2, -0.15) is 0 Å². The van der Waals surface area contributed by atoms with Crippen LogP contribution in [0.15, 0.2) is 60.7 Å². The van der Waals surface area contributed by atoms with Crippen LogP contribution in [0.2, 0.25) is 0 Å². The minimum Gasteiger partial charge on any atom is -0.314 e. The summed E-state index contributed by atoms with van der Waals surface area (Å²) in [5, 5.41) is 3.69. The van der Waals surface area contributed by atoms with Gasteiger partial charge in [-0.05, 0) is 43.4 Å². The number of benzene rings is 2. The Morgan fingerprint density at radius 1 is 0.850 bits per heavy atom. The van der Waals surface area contributed by atoms with Crippen LogP contribution in [0.5, 0.6) is 0 Å². The van der Waals surface area contributed by atoms with Crippen molar-refractivity contribution >= 4 is 0 Å². The molecule has 0 fully saturated rings. The van der Waals surface area contributed by atoms with E-state index in [1.54, 1.807) is 0 Å². The lowest BCUT2D eigenvalue weighted by Crippen LogP contribution is -2.32. The van der Waals surface area contributed by atoms with Gasteiger partial charge in [0.15, 0.2) is 0 Å². The van der Waals surface area contributed by atoms with Crippen LogP contribution in [0, 0.1) is 0 Å². The molecule has 1 unspecified atom stereocenters.